The quantitative estimate of drug-likeness (QED) is 0.155. The van der Waals surface area contributed by atoms with Gasteiger partial charge in [0.1, 0.15) is 6.10 Å². The highest BCUT2D eigenvalue weighted by molar-refractivity contribution is 5.05. The highest BCUT2D eigenvalue weighted by Gasteiger charge is 2.34. The van der Waals surface area contributed by atoms with Crippen molar-refractivity contribution in [1.29, 1.82) is 0 Å². The van der Waals surface area contributed by atoms with Crippen molar-refractivity contribution in [1.82, 2.24) is 9.97 Å². The molecule has 0 aliphatic carbocycles. The summed E-state index contributed by atoms with van der Waals surface area (Å²) in [6.07, 6.45) is 18.2. The Morgan fingerprint density at radius 2 is 1.23 bits per heavy atom. The predicted octanol–water partition coefficient (Wildman–Crippen LogP) is 7.65. The monoisotopic (exact) mass is 504 g/mol. The van der Waals surface area contributed by atoms with Crippen molar-refractivity contribution in [3.63, 3.8) is 0 Å². The number of rotatable bonds is 23. The van der Waals surface area contributed by atoms with Crippen molar-refractivity contribution >= 4 is 0 Å². The van der Waals surface area contributed by atoms with Crippen molar-refractivity contribution in [2.75, 3.05) is 19.8 Å². The van der Waals surface area contributed by atoms with Gasteiger partial charge in [0.15, 0.2) is 0 Å². The lowest BCUT2D eigenvalue weighted by Crippen LogP contribution is -2.24. The molecule has 0 amide bonds. The molecule has 204 valence electrons. The van der Waals surface area contributed by atoms with E-state index in [9.17, 15) is 18.3 Å². The van der Waals surface area contributed by atoms with Crippen molar-refractivity contribution in [3.8, 4) is 0 Å². The highest BCUT2D eigenvalue weighted by Crippen LogP contribution is 2.25. The van der Waals surface area contributed by atoms with Gasteiger partial charge < -0.3 is 14.6 Å². The third-order valence-electron chi connectivity index (χ3n) is 6.09. The normalized spacial score (nSPS) is 12.8. The number of aromatic nitrogens is 2. The number of nitrogens with zero attached hydrogens (tertiary/aromatic N) is 2. The number of aliphatic hydroxyl groups excluding tert-OH is 1. The van der Waals surface area contributed by atoms with Crippen LogP contribution in [0.25, 0.3) is 0 Å². The first-order valence-corrected chi connectivity index (χ1v) is 13.7. The molecule has 35 heavy (non-hydrogen) atoms. The van der Waals surface area contributed by atoms with Crippen LogP contribution in [0.4, 0.5) is 13.2 Å². The minimum atomic E-state index is -4.56. The summed E-state index contributed by atoms with van der Waals surface area (Å²) < 4.78 is 48.5. The Morgan fingerprint density at radius 1 is 0.771 bits per heavy atom. The van der Waals surface area contributed by atoms with Crippen LogP contribution >= 0.6 is 0 Å². The van der Waals surface area contributed by atoms with Gasteiger partial charge in [-0.05, 0) is 6.42 Å². The van der Waals surface area contributed by atoms with E-state index in [1.165, 1.54) is 89.9 Å². The number of halogens is 3. The maximum Gasteiger partial charge on any atom is 0.451 e. The van der Waals surface area contributed by atoms with E-state index in [4.69, 9.17) is 9.47 Å². The van der Waals surface area contributed by atoms with E-state index in [0.717, 1.165) is 25.2 Å². The largest absolute Gasteiger partial charge is 0.451 e. The van der Waals surface area contributed by atoms with E-state index in [2.05, 4.69) is 16.9 Å². The zero-order valence-corrected chi connectivity index (χ0v) is 21.7. The molecule has 0 aromatic carbocycles. The maximum atomic E-state index is 12.5. The van der Waals surface area contributed by atoms with Crippen molar-refractivity contribution in [2.45, 2.75) is 129 Å². The Morgan fingerprint density at radius 3 is 1.66 bits per heavy atom. The van der Waals surface area contributed by atoms with Crippen molar-refractivity contribution in [2.24, 2.45) is 0 Å². The van der Waals surface area contributed by atoms with Gasteiger partial charge in [-0.2, -0.15) is 13.2 Å². The first kappa shape index (κ1) is 31.8. The molecule has 0 spiro atoms. The Bertz CT molecular complexity index is 600. The Balaban J connectivity index is 1.89. The van der Waals surface area contributed by atoms with Gasteiger partial charge in [0.2, 0.25) is 5.82 Å². The average Bonchev–Trinajstić information content (AvgIpc) is 2.84. The van der Waals surface area contributed by atoms with Gasteiger partial charge in [-0.25, -0.2) is 9.97 Å². The lowest BCUT2D eigenvalue weighted by atomic mass is 10.0. The molecule has 0 saturated heterocycles. The molecule has 5 nitrogen and oxygen atoms in total. The smallest absolute Gasteiger partial charge is 0.394 e. The summed E-state index contributed by atoms with van der Waals surface area (Å²) in [7, 11) is 0. The van der Waals surface area contributed by atoms with Crippen LogP contribution < -0.4 is 0 Å². The summed E-state index contributed by atoms with van der Waals surface area (Å²) >= 11 is 0. The lowest BCUT2D eigenvalue weighted by Gasteiger charge is -2.16. The molecule has 1 aromatic rings. The third kappa shape index (κ3) is 17.8. The lowest BCUT2D eigenvalue weighted by molar-refractivity contribution is -0.145. The van der Waals surface area contributed by atoms with Crippen LogP contribution in [0.3, 0.4) is 0 Å². The molecule has 1 aromatic heterocycles. The van der Waals surface area contributed by atoms with Crippen molar-refractivity contribution in [3.05, 3.63) is 23.8 Å². The summed E-state index contributed by atoms with van der Waals surface area (Å²) in [5.74, 6) is -1.18. The topological polar surface area (TPSA) is 64.5 Å². The van der Waals surface area contributed by atoms with Gasteiger partial charge in [0, 0.05) is 24.6 Å². The molecule has 1 rings (SSSR count). The summed E-state index contributed by atoms with van der Waals surface area (Å²) in [5, 5.41) is 9.41. The summed E-state index contributed by atoms with van der Waals surface area (Å²) in [6, 6.07) is 0. The van der Waals surface area contributed by atoms with Crippen LogP contribution in [0.1, 0.15) is 121 Å². The molecule has 1 N–H and O–H groups in total. The molecular weight excluding hydrogens is 457 g/mol. The van der Waals surface area contributed by atoms with Crippen LogP contribution in [-0.2, 0) is 22.3 Å². The Labute approximate surface area is 210 Å². The molecule has 1 atom stereocenters. The minimum absolute atomic E-state index is 0.0196. The van der Waals surface area contributed by atoms with Gasteiger partial charge in [0.05, 0.1) is 19.8 Å². The van der Waals surface area contributed by atoms with Crippen LogP contribution in [0.2, 0.25) is 0 Å². The van der Waals surface area contributed by atoms with E-state index >= 15 is 0 Å². The van der Waals surface area contributed by atoms with Gasteiger partial charge >= 0.3 is 6.18 Å². The molecule has 0 aliphatic heterocycles. The van der Waals surface area contributed by atoms with Crippen LogP contribution in [0.5, 0.6) is 0 Å². The van der Waals surface area contributed by atoms with E-state index in [1.54, 1.807) is 0 Å². The fraction of sp³-hybridized carbons (Fsp3) is 0.852. The summed E-state index contributed by atoms with van der Waals surface area (Å²) in [5.41, 5.74) is 0.411. The van der Waals surface area contributed by atoms with Gasteiger partial charge in [-0.15, -0.1) is 0 Å². The molecule has 8 heteroatoms. The standard InChI is InChI=1S/C27H47F3N2O3/c1-2-3-4-5-6-7-8-9-10-11-12-13-14-15-16-17-18-34-23-25(21-33)35-22-24-19-31-26(32-20-24)27(28,29)30/h19-20,25,33H,2-18,21-23H2,1H3/t25-/m0/s1. The van der Waals surface area contributed by atoms with Crippen LogP contribution in [0, 0.1) is 0 Å². The molecule has 0 unspecified atom stereocenters. The number of hydrogen-bond acceptors (Lipinski definition) is 5. The number of hydrogen-bond donors (Lipinski definition) is 1. The number of unbranched alkanes of at least 4 members (excludes halogenated alkanes) is 15. The van der Waals surface area contributed by atoms with E-state index < -0.39 is 18.1 Å². The molecule has 1 heterocycles. The second-order valence-electron chi connectivity index (χ2n) is 9.41. The van der Waals surface area contributed by atoms with Gasteiger partial charge in [-0.3, -0.25) is 0 Å². The van der Waals surface area contributed by atoms with Gasteiger partial charge in [-0.1, -0.05) is 103 Å². The average molecular weight is 505 g/mol. The first-order valence-electron chi connectivity index (χ1n) is 13.7. The summed E-state index contributed by atoms with van der Waals surface area (Å²) in [6.45, 7) is 2.92. The number of aliphatic hydroxyl groups is 1. The Hall–Kier alpha value is -1.25. The second-order valence-corrected chi connectivity index (χ2v) is 9.41. The maximum absolute atomic E-state index is 12.5. The van der Waals surface area contributed by atoms with Crippen LogP contribution in [0.15, 0.2) is 12.4 Å². The fourth-order valence-electron chi connectivity index (χ4n) is 3.91. The predicted molar refractivity (Wildman–Crippen MR) is 133 cm³/mol. The molecule has 0 bridgehead atoms. The number of alkyl halides is 3. The van der Waals surface area contributed by atoms with E-state index in [-0.39, 0.29) is 19.8 Å². The Kier molecular flexibility index (Phi) is 19.0. The first-order chi connectivity index (χ1) is 17.0. The number of ether oxygens (including phenoxy) is 2. The molecular formula is C27H47F3N2O3. The van der Waals surface area contributed by atoms with E-state index in [0.29, 0.717) is 12.2 Å². The minimum Gasteiger partial charge on any atom is -0.394 e. The zero-order valence-electron chi connectivity index (χ0n) is 21.7. The SMILES string of the molecule is CCCCCCCCCCCCCCCCCCOC[C@H](CO)OCc1cnc(C(F)(F)F)nc1. The highest BCUT2D eigenvalue weighted by atomic mass is 19.4. The fourth-order valence-corrected chi connectivity index (χ4v) is 3.91. The van der Waals surface area contributed by atoms with Crippen LogP contribution in [-0.4, -0.2) is 41.0 Å². The van der Waals surface area contributed by atoms with Crippen molar-refractivity contribution < 1.29 is 27.8 Å². The molecule has 0 saturated carbocycles. The second kappa shape index (κ2) is 20.9. The third-order valence-corrected chi connectivity index (χ3v) is 6.09. The zero-order chi connectivity index (χ0) is 25.6. The van der Waals surface area contributed by atoms with E-state index in [1.807, 2.05) is 0 Å². The summed E-state index contributed by atoms with van der Waals surface area (Å²) in [4.78, 5) is 6.59. The molecule has 0 radical (unpaired) electrons. The molecule has 0 aliphatic rings. The molecule has 0 fully saturated rings. The van der Waals surface area contributed by atoms with Gasteiger partial charge in [0.25, 0.3) is 0 Å².